The first-order chi connectivity index (χ1) is 8.56. The number of hydrogen-bond acceptors (Lipinski definition) is 3. The minimum Gasteiger partial charge on any atom is -0.394 e. The maximum atomic E-state index is 11.8. The highest BCUT2D eigenvalue weighted by Gasteiger charge is 2.15. The predicted molar refractivity (Wildman–Crippen MR) is 69.4 cm³/mol. The Labute approximate surface area is 107 Å². The second-order valence-corrected chi connectivity index (χ2v) is 4.64. The highest BCUT2D eigenvalue weighted by atomic mass is 16.3. The van der Waals surface area contributed by atoms with E-state index in [1.807, 2.05) is 13.8 Å². The molecule has 4 heteroatoms. The van der Waals surface area contributed by atoms with E-state index in [2.05, 4.69) is 5.32 Å². The summed E-state index contributed by atoms with van der Waals surface area (Å²) in [6.45, 7) is 3.81. The van der Waals surface area contributed by atoms with Crippen molar-refractivity contribution in [2.75, 3.05) is 6.61 Å². The monoisotopic (exact) mass is 249 g/mol. The molecule has 0 bridgehead atoms. The molecule has 18 heavy (non-hydrogen) atoms. The zero-order valence-electron chi connectivity index (χ0n) is 10.7. The van der Waals surface area contributed by atoms with Gasteiger partial charge in [0.2, 0.25) is 5.91 Å². The van der Waals surface area contributed by atoms with Gasteiger partial charge in [-0.3, -0.25) is 9.59 Å². The number of hydrogen-bond donors (Lipinski definition) is 2. The molecule has 4 nitrogen and oxygen atoms in total. The van der Waals surface area contributed by atoms with Gasteiger partial charge < -0.3 is 10.4 Å². The Hall–Kier alpha value is -1.68. The second kappa shape index (κ2) is 6.91. The summed E-state index contributed by atoms with van der Waals surface area (Å²) in [6, 6.07) is 6.70. The standard InChI is InChI=1S/C14H19NO3/c1-10(2)13(9-17)15-14(18)7-11-4-3-5-12(6-11)8-16/h3-6,8,10,13,17H,7,9H2,1-2H3,(H,15,18). The zero-order valence-corrected chi connectivity index (χ0v) is 10.7. The van der Waals surface area contributed by atoms with Crippen molar-refractivity contribution in [3.63, 3.8) is 0 Å². The van der Waals surface area contributed by atoms with Crippen molar-refractivity contribution in [2.24, 2.45) is 5.92 Å². The van der Waals surface area contributed by atoms with Crippen LogP contribution in [0.2, 0.25) is 0 Å². The van der Waals surface area contributed by atoms with Gasteiger partial charge in [-0.15, -0.1) is 0 Å². The molecule has 1 aromatic carbocycles. The summed E-state index contributed by atoms with van der Waals surface area (Å²) in [5.41, 5.74) is 1.35. The number of rotatable bonds is 6. The van der Waals surface area contributed by atoms with Crippen LogP contribution in [0.3, 0.4) is 0 Å². The first-order valence-corrected chi connectivity index (χ1v) is 6.01. The molecule has 0 aliphatic heterocycles. The van der Waals surface area contributed by atoms with Crippen LogP contribution in [0.1, 0.15) is 29.8 Å². The van der Waals surface area contributed by atoms with E-state index in [1.54, 1.807) is 24.3 Å². The molecule has 1 aromatic rings. The van der Waals surface area contributed by atoms with Crippen LogP contribution in [0, 0.1) is 5.92 Å². The molecule has 2 N–H and O–H groups in total. The smallest absolute Gasteiger partial charge is 0.224 e. The lowest BCUT2D eigenvalue weighted by atomic mass is 10.0. The Bertz CT molecular complexity index is 415. The largest absolute Gasteiger partial charge is 0.394 e. The van der Waals surface area contributed by atoms with Crippen LogP contribution < -0.4 is 5.32 Å². The molecule has 0 aromatic heterocycles. The van der Waals surface area contributed by atoms with E-state index in [9.17, 15) is 9.59 Å². The summed E-state index contributed by atoms with van der Waals surface area (Å²) in [6.07, 6.45) is 0.969. The maximum Gasteiger partial charge on any atom is 0.224 e. The van der Waals surface area contributed by atoms with Gasteiger partial charge >= 0.3 is 0 Å². The Kier molecular flexibility index (Phi) is 5.52. The van der Waals surface area contributed by atoms with Crippen molar-refractivity contribution in [1.82, 2.24) is 5.32 Å². The van der Waals surface area contributed by atoms with E-state index in [-0.39, 0.29) is 30.9 Å². The third-order valence-electron chi connectivity index (χ3n) is 2.80. The molecule has 98 valence electrons. The summed E-state index contributed by atoms with van der Waals surface area (Å²) in [7, 11) is 0. The normalized spacial score (nSPS) is 12.2. The van der Waals surface area contributed by atoms with E-state index >= 15 is 0 Å². The highest BCUT2D eigenvalue weighted by Crippen LogP contribution is 2.05. The summed E-state index contributed by atoms with van der Waals surface area (Å²) in [5, 5.41) is 11.9. The lowest BCUT2D eigenvalue weighted by Crippen LogP contribution is -2.41. The molecule has 0 aliphatic rings. The van der Waals surface area contributed by atoms with Gasteiger partial charge in [0.1, 0.15) is 6.29 Å². The third kappa shape index (κ3) is 4.30. The molecule has 0 radical (unpaired) electrons. The maximum absolute atomic E-state index is 11.8. The second-order valence-electron chi connectivity index (χ2n) is 4.64. The van der Waals surface area contributed by atoms with Gasteiger partial charge in [0.25, 0.3) is 0 Å². The van der Waals surface area contributed by atoms with Crippen molar-refractivity contribution in [1.29, 1.82) is 0 Å². The molecule has 0 saturated heterocycles. The molecule has 1 atom stereocenters. The van der Waals surface area contributed by atoms with Crippen LogP contribution in [0.25, 0.3) is 0 Å². The first kappa shape index (κ1) is 14.4. The fourth-order valence-electron chi connectivity index (χ4n) is 1.64. The van der Waals surface area contributed by atoms with Crippen LogP contribution in [0.4, 0.5) is 0 Å². The number of benzene rings is 1. The van der Waals surface area contributed by atoms with Crippen LogP contribution >= 0.6 is 0 Å². The molecule has 0 fully saturated rings. The number of aliphatic hydroxyl groups excluding tert-OH is 1. The van der Waals surface area contributed by atoms with E-state index in [1.165, 1.54) is 0 Å². The lowest BCUT2D eigenvalue weighted by molar-refractivity contribution is -0.121. The van der Waals surface area contributed by atoms with Crippen molar-refractivity contribution < 1.29 is 14.7 Å². The van der Waals surface area contributed by atoms with Crippen LogP contribution in [0.5, 0.6) is 0 Å². The number of carbonyl (C=O) groups excluding carboxylic acids is 2. The molecule has 1 unspecified atom stereocenters. The highest BCUT2D eigenvalue weighted by molar-refractivity contribution is 5.80. The number of aldehydes is 1. The lowest BCUT2D eigenvalue weighted by Gasteiger charge is -2.19. The molecule has 1 rings (SSSR count). The third-order valence-corrected chi connectivity index (χ3v) is 2.80. The molecular weight excluding hydrogens is 230 g/mol. The van der Waals surface area contributed by atoms with Crippen molar-refractivity contribution in [3.8, 4) is 0 Å². The van der Waals surface area contributed by atoms with E-state index in [0.717, 1.165) is 11.8 Å². The molecule has 0 heterocycles. The quantitative estimate of drug-likeness (QED) is 0.744. The molecule has 0 spiro atoms. The van der Waals surface area contributed by atoms with Crippen LogP contribution in [-0.4, -0.2) is 29.9 Å². The van der Waals surface area contributed by atoms with E-state index in [0.29, 0.717) is 5.56 Å². The molecule has 0 saturated carbocycles. The van der Waals surface area contributed by atoms with Gasteiger partial charge in [0.05, 0.1) is 19.1 Å². The van der Waals surface area contributed by atoms with Crippen LogP contribution in [-0.2, 0) is 11.2 Å². The molecule has 1 amide bonds. The van der Waals surface area contributed by atoms with Crippen molar-refractivity contribution in [3.05, 3.63) is 35.4 Å². The van der Waals surface area contributed by atoms with Gasteiger partial charge in [-0.1, -0.05) is 32.0 Å². The Balaban J connectivity index is 2.61. The summed E-state index contributed by atoms with van der Waals surface area (Å²) < 4.78 is 0. The minimum atomic E-state index is -0.230. The Morgan fingerprint density at radius 1 is 1.44 bits per heavy atom. The van der Waals surface area contributed by atoms with Gasteiger partial charge in [0, 0.05) is 5.56 Å². The average molecular weight is 249 g/mol. The van der Waals surface area contributed by atoms with E-state index < -0.39 is 0 Å². The predicted octanol–water partition coefficient (Wildman–Crippen LogP) is 1.17. The molecular formula is C14H19NO3. The number of carbonyl (C=O) groups is 2. The van der Waals surface area contributed by atoms with Gasteiger partial charge in [-0.2, -0.15) is 0 Å². The molecule has 0 aliphatic carbocycles. The van der Waals surface area contributed by atoms with Crippen molar-refractivity contribution >= 4 is 12.2 Å². The fourth-order valence-corrected chi connectivity index (χ4v) is 1.64. The number of nitrogens with one attached hydrogen (secondary N) is 1. The SMILES string of the molecule is CC(C)C(CO)NC(=O)Cc1cccc(C=O)c1. The zero-order chi connectivity index (χ0) is 13.5. The first-order valence-electron chi connectivity index (χ1n) is 6.01. The fraction of sp³-hybridized carbons (Fsp3) is 0.429. The average Bonchev–Trinajstić information content (AvgIpc) is 2.35. The number of amides is 1. The summed E-state index contributed by atoms with van der Waals surface area (Å²) in [5.74, 6) is 0.0334. The van der Waals surface area contributed by atoms with Crippen molar-refractivity contribution in [2.45, 2.75) is 26.3 Å². The summed E-state index contributed by atoms with van der Waals surface area (Å²) >= 11 is 0. The van der Waals surface area contributed by atoms with Gasteiger partial charge in [-0.05, 0) is 17.5 Å². The minimum absolute atomic E-state index is 0.0716. The Morgan fingerprint density at radius 2 is 2.17 bits per heavy atom. The topological polar surface area (TPSA) is 66.4 Å². The van der Waals surface area contributed by atoms with Gasteiger partial charge in [-0.25, -0.2) is 0 Å². The van der Waals surface area contributed by atoms with E-state index in [4.69, 9.17) is 5.11 Å². The summed E-state index contributed by atoms with van der Waals surface area (Å²) in [4.78, 5) is 22.4. The Morgan fingerprint density at radius 3 is 2.72 bits per heavy atom. The number of aliphatic hydroxyl groups is 1. The van der Waals surface area contributed by atoms with Crippen LogP contribution in [0.15, 0.2) is 24.3 Å². The van der Waals surface area contributed by atoms with Gasteiger partial charge in [0.15, 0.2) is 0 Å².